The van der Waals surface area contributed by atoms with Gasteiger partial charge in [-0.25, -0.2) is 4.39 Å². The number of Topliss-reactive ketones (excluding diaryl/α,β-unsaturated/α-hetero) is 1. The van der Waals surface area contributed by atoms with Gasteiger partial charge < -0.3 is 4.57 Å². The van der Waals surface area contributed by atoms with Crippen LogP contribution in [0.2, 0.25) is 0 Å². The molecule has 0 bridgehead atoms. The maximum Gasteiger partial charge on any atom is 0.250 e. The van der Waals surface area contributed by atoms with Crippen LogP contribution in [0.5, 0.6) is 0 Å². The summed E-state index contributed by atoms with van der Waals surface area (Å²) in [7, 11) is 1.63. The Kier molecular flexibility index (Phi) is 5.52. The third-order valence-corrected chi connectivity index (χ3v) is 5.64. The van der Waals surface area contributed by atoms with Crippen molar-refractivity contribution < 1.29 is 9.18 Å². The maximum atomic E-state index is 14.5. The zero-order valence-corrected chi connectivity index (χ0v) is 15.8. The van der Waals surface area contributed by atoms with E-state index in [-0.39, 0.29) is 29.5 Å². The minimum Gasteiger partial charge on any atom is -0.318 e. The summed E-state index contributed by atoms with van der Waals surface area (Å²) in [5, 5.41) is 0. The summed E-state index contributed by atoms with van der Waals surface area (Å²) in [5.74, 6) is -0.109. The second kappa shape index (κ2) is 7.65. The molecule has 1 aromatic carbocycles. The molecular weight excluding hydrogens is 385 g/mol. The van der Waals surface area contributed by atoms with E-state index in [1.165, 1.54) is 16.7 Å². The summed E-state index contributed by atoms with van der Waals surface area (Å²) in [6.45, 7) is 0. The van der Waals surface area contributed by atoms with Crippen LogP contribution >= 0.6 is 15.9 Å². The molecule has 1 aliphatic carbocycles. The molecule has 0 N–H and O–H groups in total. The smallest absolute Gasteiger partial charge is 0.250 e. The Bertz CT molecular complexity index is 840. The lowest BCUT2D eigenvalue weighted by Crippen LogP contribution is -2.19. The first-order chi connectivity index (χ1) is 12.0. The monoisotopic (exact) mass is 405 g/mol. The molecule has 2 aromatic rings. The van der Waals surface area contributed by atoms with Gasteiger partial charge in [-0.05, 0) is 48.4 Å². The van der Waals surface area contributed by atoms with Crippen molar-refractivity contribution >= 4 is 21.7 Å². The third-order valence-electron chi connectivity index (χ3n) is 5.14. The maximum absolute atomic E-state index is 14.5. The number of hydrogen-bond acceptors (Lipinski definition) is 2. The Morgan fingerprint density at radius 1 is 1.28 bits per heavy atom. The molecule has 1 fully saturated rings. The van der Waals surface area contributed by atoms with Crippen LogP contribution in [0.4, 0.5) is 4.39 Å². The number of ketones is 1. The molecule has 1 heterocycles. The van der Waals surface area contributed by atoms with Crippen LogP contribution in [0.25, 0.3) is 0 Å². The van der Waals surface area contributed by atoms with Gasteiger partial charge in [-0.3, -0.25) is 9.59 Å². The fourth-order valence-corrected chi connectivity index (χ4v) is 4.10. The lowest BCUT2D eigenvalue weighted by Gasteiger charge is -2.24. The third kappa shape index (κ3) is 4.09. The van der Waals surface area contributed by atoms with Crippen molar-refractivity contribution in [2.75, 3.05) is 0 Å². The molecule has 1 atom stereocenters. The van der Waals surface area contributed by atoms with Crippen molar-refractivity contribution in [1.82, 2.24) is 4.57 Å². The first-order valence-corrected chi connectivity index (χ1v) is 9.40. The van der Waals surface area contributed by atoms with E-state index in [2.05, 4.69) is 15.9 Å². The normalized spacial score (nSPS) is 16.1. The molecule has 132 valence electrons. The van der Waals surface area contributed by atoms with E-state index in [1.54, 1.807) is 25.4 Å². The fourth-order valence-electron chi connectivity index (χ4n) is 3.77. The molecule has 1 saturated carbocycles. The largest absolute Gasteiger partial charge is 0.318 e. The van der Waals surface area contributed by atoms with E-state index in [0.717, 1.165) is 25.7 Å². The molecule has 1 aromatic heterocycles. The summed E-state index contributed by atoms with van der Waals surface area (Å²) in [5.41, 5.74) is 0.971. The number of carbonyl (C=O) groups is 1. The zero-order chi connectivity index (χ0) is 18.0. The molecule has 25 heavy (non-hydrogen) atoms. The highest BCUT2D eigenvalue weighted by Gasteiger charge is 2.30. The van der Waals surface area contributed by atoms with E-state index in [1.807, 2.05) is 6.07 Å². The van der Waals surface area contributed by atoms with Crippen LogP contribution in [0.15, 0.2) is 45.8 Å². The standard InChI is InChI=1S/C20H21BrFNO2/c1-23-12-14(6-9-20(23)25)19(24)11-17(13-4-2-3-5-13)16-8-7-15(21)10-18(16)22/h6-10,12-13,17H,2-5,11H2,1H3. The van der Waals surface area contributed by atoms with Gasteiger partial charge in [0, 0.05) is 35.8 Å². The van der Waals surface area contributed by atoms with Crippen molar-refractivity contribution in [2.24, 2.45) is 13.0 Å². The van der Waals surface area contributed by atoms with E-state index in [0.29, 0.717) is 21.5 Å². The number of benzene rings is 1. The molecule has 0 spiro atoms. The van der Waals surface area contributed by atoms with Gasteiger partial charge in [0.25, 0.3) is 0 Å². The van der Waals surface area contributed by atoms with E-state index >= 15 is 0 Å². The van der Waals surface area contributed by atoms with Crippen LogP contribution in [0, 0.1) is 11.7 Å². The summed E-state index contributed by atoms with van der Waals surface area (Å²) >= 11 is 3.29. The zero-order valence-electron chi connectivity index (χ0n) is 14.2. The molecule has 3 rings (SSSR count). The van der Waals surface area contributed by atoms with Gasteiger partial charge in [0.1, 0.15) is 5.82 Å². The van der Waals surface area contributed by atoms with Gasteiger partial charge in [0.05, 0.1) is 0 Å². The Balaban J connectivity index is 1.90. The number of aromatic nitrogens is 1. The van der Waals surface area contributed by atoms with E-state index < -0.39 is 0 Å². The highest BCUT2D eigenvalue weighted by atomic mass is 79.9. The molecule has 5 heteroatoms. The highest BCUT2D eigenvalue weighted by molar-refractivity contribution is 9.10. The number of nitrogens with zero attached hydrogens (tertiary/aromatic N) is 1. The topological polar surface area (TPSA) is 39.1 Å². The molecule has 0 radical (unpaired) electrons. The SMILES string of the molecule is Cn1cc(C(=O)CC(c2ccc(Br)cc2F)C2CCCC2)ccc1=O. The number of halogens is 2. The minimum absolute atomic E-state index is 0.0465. The van der Waals surface area contributed by atoms with Gasteiger partial charge in [0.2, 0.25) is 5.56 Å². The van der Waals surface area contributed by atoms with Crippen molar-refractivity contribution in [2.45, 2.75) is 38.0 Å². The molecule has 1 aliphatic rings. The predicted octanol–water partition coefficient (Wildman–Crippen LogP) is 4.83. The number of aryl methyl sites for hydroxylation is 1. The van der Waals surface area contributed by atoms with Gasteiger partial charge >= 0.3 is 0 Å². The quantitative estimate of drug-likeness (QED) is 0.667. The molecular formula is C20H21BrFNO2. The number of rotatable bonds is 5. The van der Waals surface area contributed by atoms with Crippen LogP contribution < -0.4 is 5.56 Å². The van der Waals surface area contributed by atoms with Crippen molar-refractivity contribution in [3.63, 3.8) is 0 Å². The number of hydrogen-bond donors (Lipinski definition) is 0. The van der Waals surface area contributed by atoms with Crippen LogP contribution in [-0.2, 0) is 7.05 Å². The average Bonchev–Trinajstić information content (AvgIpc) is 3.10. The molecule has 3 nitrogen and oxygen atoms in total. The Hall–Kier alpha value is -1.75. The summed E-state index contributed by atoms with van der Waals surface area (Å²) < 4.78 is 16.6. The van der Waals surface area contributed by atoms with Crippen LogP contribution in [0.1, 0.15) is 53.9 Å². The van der Waals surface area contributed by atoms with Gasteiger partial charge in [-0.2, -0.15) is 0 Å². The van der Waals surface area contributed by atoms with Crippen LogP contribution in [-0.4, -0.2) is 10.4 Å². The summed E-state index contributed by atoms with van der Waals surface area (Å²) in [4.78, 5) is 24.3. The average molecular weight is 406 g/mol. The van der Waals surface area contributed by atoms with E-state index in [9.17, 15) is 14.0 Å². The molecule has 1 unspecified atom stereocenters. The van der Waals surface area contributed by atoms with Gasteiger partial charge in [-0.1, -0.05) is 34.8 Å². The van der Waals surface area contributed by atoms with E-state index in [4.69, 9.17) is 0 Å². The molecule has 0 saturated heterocycles. The van der Waals surface area contributed by atoms with Crippen molar-refractivity contribution in [3.8, 4) is 0 Å². The minimum atomic E-state index is -0.264. The number of pyridine rings is 1. The van der Waals surface area contributed by atoms with Gasteiger partial charge in [-0.15, -0.1) is 0 Å². The first kappa shape index (κ1) is 18.1. The Labute approximate surface area is 155 Å². The lowest BCUT2D eigenvalue weighted by atomic mass is 9.80. The first-order valence-electron chi connectivity index (χ1n) is 8.60. The Morgan fingerprint density at radius 3 is 2.64 bits per heavy atom. The predicted molar refractivity (Wildman–Crippen MR) is 99.4 cm³/mol. The Morgan fingerprint density at radius 2 is 2.00 bits per heavy atom. The molecule has 0 aliphatic heterocycles. The van der Waals surface area contributed by atoms with Gasteiger partial charge in [0.15, 0.2) is 5.78 Å². The van der Waals surface area contributed by atoms with Crippen molar-refractivity contribution in [3.05, 3.63) is 68.3 Å². The van der Waals surface area contributed by atoms with Crippen molar-refractivity contribution in [1.29, 1.82) is 0 Å². The summed E-state index contributed by atoms with van der Waals surface area (Å²) in [6.07, 6.45) is 6.15. The second-order valence-corrected chi connectivity index (χ2v) is 7.73. The second-order valence-electron chi connectivity index (χ2n) is 6.81. The fraction of sp³-hybridized carbons (Fsp3) is 0.400. The van der Waals surface area contributed by atoms with Crippen LogP contribution in [0.3, 0.4) is 0 Å². The highest BCUT2D eigenvalue weighted by Crippen LogP contribution is 2.41. The summed E-state index contributed by atoms with van der Waals surface area (Å²) in [6, 6.07) is 8.05. The lowest BCUT2D eigenvalue weighted by molar-refractivity contribution is 0.0962. The molecule has 0 amide bonds. The number of carbonyl (C=O) groups excluding carboxylic acids is 1.